The van der Waals surface area contributed by atoms with Crippen LogP contribution in [0.2, 0.25) is 0 Å². The zero-order valence-electron chi connectivity index (χ0n) is 19.3. The highest BCUT2D eigenvalue weighted by molar-refractivity contribution is 5.94. The highest BCUT2D eigenvalue weighted by atomic mass is 16.1. The topological polar surface area (TPSA) is 41.1 Å². The molecule has 3 aromatic carbocycles. The number of hydrogen-bond acceptors (Lipinski definition) is 2. The van der Waals surface area contributed by atoms with Crippen molar-refractivity contribution >= 4 is 11.6 Å². The fourth-order valence-corrected chi connectivity index (χ4v) is 3.96. The molecule has 0 radical (unpaired) electrons. The van der Waals surface area contributed by atoms with Gasteiger partial charge < -0.3 is 10.6 Å². The van der Waals surface area contributed by atoms with Gasteiger partial charge in [0.1, 0.15) is 0 Å². The van der Waals surface area contributed by atoms with E-state index in [1.54, 1.807) is 0 Å². The van der Waals surface area contributed by atoms with E-state index in [1.165, 1.54) is 33.4 Å². The molecule has 0 fully saturated rings. The molecule has 0 bridgehead atoms. The molecule has 2 N–H and O–H groups in total. The van der Waals surface area contributed by atoms with Crippen molar-refractivity contribution < 1.29 is 4.79 Å². The monoisotopic (exact) mass is 414 g/mol. The van der Waals surface area contributed by atoms with Gasteiger partial charge in [-0.2, -0.15) is 0 Å². The first-order chi connectivity index (χ1) is 14.9. The van der Waals surface area contributed by atoms with Crippen molar-refractivity contribution in [1.29, 1.82) is 0 Å². The van der Waals surface area contributed by atoms with Crippen LogP contribution in [0, 0.1) is 6.92 Å². The first kappa shape index (κ1) is 22.8. The second kappa shape index (κ2) is 10.4. The van der Waals surface area contributed by atoms with E-state index in [4.69, 9.17) is 0 Å². The highest BCUT2D eigenvalue weighted by Gasteiger charge is 2.16. The Balaban J connectivity index is 1.69. The third-order valence-electron chi connectivity index (χ3n) is 5.58. The summed E-state index contributed by atoms with van der Waals surface area (Å²) in [4.78, 5) is 12.8. The zero-order chi connectivity index (χ0) is 22.4. The van der Waals surface area contributed by atoms with E-state index in [1.807, 2.05) is 6.07 Å². The van der Waals surface area contributed by atoms with Crippen LogP contribution in [0.15, 0.2) is 66.7 Å². The number of amides is 1. The van der Waals surface area contributed by atoms with Crippen LogP contribution in [0.5, 0.6) is 0 Å². The lowest BCUT2D eigenvalue weighted by Gasteiger charge is -2.20. The second-order valence-electron chi connectivity index (χ2n) is 8.80. The van der Waals surface area contributed by atoms with Crippen molar-refractivity contribution in [1.82, 2.24) is 5.32 Å². The summed E-state index contributed by atoms with van der Waals surface area (Å²) in [7, 11) is 0. The summed E-state index contributed by atoms with van der Waals surface area (Å²) < 4.78 is 0. The molecule has 0 aliphatic heterocycles. The van der Waals surface area contributed by atoms with Crippen molar-refractivity contribution in [3.63, 3.8) is 0 Å². The van der Waals surface area contributed by atoms with Crippen LogP contribution in [-0.2, 0) is 11.3 Å². The van der Waals surface area contributed by atoms with Crippen LogP contribution in [0.1, 0.15) is 61.8 Å². The van der Waals surface area contributed by atoms with E-state index >= 15 is 0 Å². The molecule has 3 heteroatoms. The minimum atomic E-state index is -0.0111. The fourth-order valence-electron chi connectivity index (χ4n) is 3.96. The van der Waals surface area contributed by atoms with Gasteiger partial charge in [0.2, 0.25) is 5.91 Å². The average molecular weight is 415 g/mol. The molecule has 162 valence electrons. The Morgan fingerprint density at radius 1 is 0.839 bits per heavy atom. The lowest BCUT2D eigenvalue weighted by Crippen LogP contribution is -2.28. The largest absolute Gasteiger partial charge is 0.324 e. The maximum atomic E-state index is 12.8. The van der Waals surface area contributed by atoms with E-state index in [9.17, 15) is 4.79 Å². The van der Waals surface area contributed by atoms with Crippen molar-refractivity contribution in [3.8, 4) is 11.1 Å². The SMILES string of the molecule is Cc1cccc(-c2ccccc2CNCC(=O)Nc2c(C(C)C)cccc2C(C)C)c1. The Kier molecular flexibility index (Phi) is 7.64. The van der Waals surface area contributed by atoms with Crippen molar-refractivity contribution in [2.24, 2.45) is 0 Å². The van der Waals surface area contributed by atoms with E-state index in [2.05, 4.69) is 106 Å². The molecule has 0 heterocycles. The molecule has 0 saturated heterocycles. The quantitative estimate of drug-likeness (QED) is 0.434. The van der Waals surface area contributed by atoms with Gasteiger partial charge in [0.05, 0.1) is 6.54 Å². The van der Waals surface area contributed by atoms with Crippen molar-refractivity contribution in [2.45, 2.75) is 53.0 Å². The number of hydrogen-bond donors (Lipinski definition) is 2. The summed E-state index contributed by atoms with van der Waals surface area (Å²) in [5.41, 5.74) is 8.17. The molecule has 0 spiro atoms. The molecular formula is C28H34N2O. The van der Waals surface area contributed by atoms with Crippen LogP contribution in [0.4, 0.5) is 5.69 Å². The van der Waals surface area contributed by atoms with Crippen LogP contribution >= 0.6 is 0 Å². The number of carbonyl (C=O) groups excluding carboxylic acids is 1. The number of anilines is 1. The molecular weight excluding hydrogens is 380 g/mol. The number of nitrogens with one attached hydrogen (secondary N) is 2. The van der Waals surface area contributed by atoms with Crippen LogP contribution in [-0.4, -0.2) is 12.5 Å². The average Bonchev–Trinajstić information content (AvgIpc) is 2.74. The molecule has 1 amide bonds. The first-order valence-corrected chi connectivity index (χ1v) is 11.1. The smallest absolute Gasteiger partial charge is 0.238 e. The fraction of sp³-hybridized carbons (Fsp3) is 0.321. The van der Waals surface area contributed by atoms with Gasteiger partial charge in [0, 0.05) is 12.2 Å². The van der Waals surface area contributed by atoms with E-state index in [-0.39, 0.29) is 12.5 Å². The van der Waals surface area contributed by atoms with Crippen molar-refractivity contribution in [3.05, 3.63) is 89.0 Å². The predicted octanol–water partition coefficient (Wildman–Crippen LogP) is 6.64. The maximum Gasteiger partial charge on any atom is 0.238 e. The van der Waals surface area contributed by atoms with Gasteiger partial charge >= 0.3 is 0 Å². The maximum absolute atomic E-state index is 12.8. The lowest BCUT2D eigenvalue weighted by molar-refractivity contribution is -0.115. The zero-order valence-corrected chi connectivity index (χ0v) is 19.3. The Morgan fingerprint density at radius 2 is 1.48 bits per heavy atom. The Morgan fingerprint density at radius 3 is 2.13 bits per heavy atom. The molecule has 3 nitrogen and oxygen atoms in total. The number of benzene rings is 3. The molecule has 0 saturated carbocycles. The molecule has 0 aromatic heterocycles. The predicted molar refractivity (Wildman–Crippen MR) is 132 cm³/mol. The summed E-state index contributed by atoms with van der Waals surface area (Å²) in [6.07, 6.45) is 0. The van der Waals surface area contributed by atoms with Crippen LogP contribution in [0.3, 0.4) is 0 Å². The Labute approximate surface area is 186 Å². The Bertz CT molecular complexity index is 1010. The molecule has 0 aliphatic rings. The van der Waals surface area contributed by atoms with Crippen molar-refractivity contribution in [2.75, 3.05) is 11.9 Å². The third kappa shape index (κ3) is 5.83. The highest BCUT2D eigenvalue weighted by Crippen LogP contribution is 2.32. The summed E-state index contributed by atoms with van der Waals surface area (Å²) >= 11 is 0. The Hall–Kier alpha value is -2.91. The summed E-state index contributed by atoms with van der Waals surface area (Å²) in [5, 5.41) is 6.51. The summed E-state index contributed by atoms with van der Waals surface area (Å²) in [5.74, 6) is 0.689. The molecule has 3 rings (SSSR count). The second-order valence-corrected chi connectivity index (χ2v) is 8.80. The minimum Gasteiger partial charge on any atom is -0.324 e. The molecule has 0 aliphatic carbocycles. The van der Waals surface area contributed by atoms with E-state index in [0.717, 1.165) is 5.69 Å². The van der Waals surface area contributed by atoms with Gasteiger partial charge in [0.25, 0.3) is 0 Å². The van der Waals surface area contributed by atoms with Gasteiger partial charge in [0.15, 0.2) is 0 Å². The van der Waals surface area contributed by atoms with Gasteiger partial charge in [-0.05, 0) is 46.6 Å². The number of carbonyl (C=O) groups is 1. The molecule has 0 atom stereocenters. The molecule has 0 unspecified atom stereocenters. The van der Waals surface area contributed by atoms with E-state index < -0.39 is 0 Å². The summed E-state index contributed by atoms with van der Waals surface area (Å²) in [6.45, 7) is 11.7. The standard InChI is InChI=1S/C28H34N2O/c1-19(2)24-14-9-15-25(20(3)4)28(24)30-27(31)18-29-17-23-11-6-7-13-26(23)22-12-8-10-21(5)16-22/h6-16,19-20,29H,17-18H2,1-5H3,(H,30,31). The van der Waals surface area contributed by atoms with Crippen LogP contribution < -0.4 is 10.6 Å². The first-order valence-electron chi connectivity index (χ1n) is 11.1. The van der Waals surface area contributed by atoms with Gasteiger partial charge in [-0.25, -0.2) is 0 Å². The molecule has 31 heavy (non-hydrogen) atoms. The molecule has 3 aromatic rings. The number of para-hydroxylation sites is 1. The van der Waals surface area contributed by atoms with Crippen LogP contribution in [0.25, 0.3) is 11.1 Å². The minimum absolute atomic E-state index is 0.0111. The van der Waals surface area contributed by atoms with Gasteiger partial charge in [-0.1, -0.05) is 100.0 Å². The summed E-state index contributed by atoms with van der Waals surface area (Å²) in [6, 6.07) is 23.2. The van der Waals surface area contributed by atoms with Gasteiger partial charge in [-0.3, -0.25) is 4.79 Å². The van der Waals surface area contributed by atoms with Gasteiger partial charge in [-0.15, -0.1) is 0 Å². The van der Waals surface area contributed by atoms with E-state index in [0.29, 0.717) is 18.4 Å². The lowest BCUT2D eigenvalue weighted by atomic mass is 9.92. The normalized spacial score (nSPS) is 11.2. The number of aryl methyl sites for hydroxylation is 1. The number of rotatable bonds is 8. The third-order valence-corrected chi connectivity index (χ3v) is 5.58.